The second-order valence-corrected chi connectivity index (χ2v) is 4.95. The molecule has 1 rings (SSSR count). The second-order valence-electron chi connectivity index (χ2n) is 2.94. The van der Waals surface area contributed by atoms with E-state index in [4.69, 9.17) is 0 Å². The lowest BCUT2D eigenvalue weighted by molar-refractivity contribution is 0.599. The molecule has 0 heterocycles. The molecule has 3 nitrogen and oxygen atoms in total. The van der Waals surface area contributed by atoms with Crippen LogP contribution in [0.5, 0.6) is 0 Å². The number of rotatable bonds is 3. The molecule has 0 unspecified atom stereocenters. The number of benzene rings is 1. The number of hydrogen-bond acceptors (Lipinski definition) is 2. The van der Waals surface area contributed by atoms with E-state index >= 15 is 0 Å². The Labute approximate surface area is 83.0 Å². The first-order chi connectivity index (χ1) is 6.46. The lowest BCUT2D eigenvalue weighted by Crippen LogP contribution is -2.16. The number of nitrogens with one attached hydrogen (secondary N) is 1. The standard InChI is InChI=1S/C9H12FNO2S/c1-3-14(12,13)11-9-7(2)5-4-6-8(9)10/h4-6,11H,3H2,1-2H3. The molecule has 14 heavy (non-hydrogen) atoms. The fourth-order valence-corrected chi connectivity index (χ4v) is 1.70. The zero-order chi connectivity index (χ0) is 10.8. The van der Waals surface area contributed by atoms with Crippen molar-refractivity contribution in [3.8, 4) is 0 Å². The van der Waals surface area contributed by atoms with E-state index in [0.717, 1.165) is 0 Å². The molecule has 0 saturated heterocycles. The van der Waals surface area contributed by atoms with Gasteiger partial charge < -0.3 is 0 Å². The van der Waals surface area contributed by atoms with Crippen molar-refractivity contribution >= 4 is 15.7 Å². The molecule has 5 heteroatoms. The van der Waals surface area contributed by atoms with Crippen molar-refractivity contribution < 1.29 is 12.8 Å². The maximum Gasteiger partial charge on any atom is 0.232 e. The minimum Gasteiger partial charge on any atom is -0.280 e. The Hall–Kier alpha value is -1.10. The number of aryl methyl sites for hydroxylation is 1. The van der Waals surface area contributed by atoms with Crippen molar-refractivity contribution in [2.24, 2.45) is 0 Å². The maximum atomic E-state index is 13.2. The summed E-state index contributed by atoms with van der Waals surface area (Å²) < 4.78 is 37.8. The monoisotopic (exact) mass is 217 g/mol. The van der Waals surface area contributed by atoms with Crippen LogP contribution < -0.4 is 4.72 Å². The minimum absolute atomic E-state index is 0.0364. The molecular formula is C9H12FNO2S. The summed E-state index contributed by atoms with van der Waals surface area (Å²) in [5.41, 5.74) is 0.608. The first kappa shape index (κ1) is 11.0. The Morgan fingerprint density at radius 3 is 2.57 bits per heavy atom. The van der Waals surface area contributed by atoms with Gasteiger partial charge in [-0.05, 0) is 25.5 Å². The zero-order valence-electron chi connectivity index (χ0n) is 8.04. The van der Waals surface area contributed by atoms with Gasteiger partial charge in [-0.1, -0.05) is 12.1 Å². The van der Waals surface area contributed by atoms with E-state index < -0.39 is 15.8 Å². The van der Waals surface area contributed by atoms with Crippen molar-refractivity contribution in [2.75, 3.05) is 10.5 Å². The highest BCUT2D eigenvalue weighted by atomic mass is 32.2. The van der Waals surface area contributed by atoms with Crippen LogP contribution in [0.15, 0.2) is 18.2 Å². The first-order valence-corrected chi connectivity index (χ1v) is 5.87. The van der Waals surface area contributed by atoms with Crippen molar-refractivity contribution in [1.82, 2.24) is 0 Å². The summed E-state index contributed by atoms with van der Waals surface area (Å²) in [6.45, 7) is 3.15. The molecule has 0 spiro atoms. The van der Waals surface area contributed by atoms with E-state index in [1.165, 1.54) is 19.1 Å². The molecule has 0 bridgehead atoms. The molecule has 0 atom stereocenters. The van der Waals surface area contributed by atoms with Crippen molar-refractivity contribution in [3.63, 3.8) is 0 Å². The van der Waals surface area contributed by atoms with Crippen LogP contribution in [0.1, 0.15) is 12.5 Å². The smallest absolute Gasteiger partial charge is 0.232 e. The van der Waals surface area contributed by atoms with Crippen LogP contribution in [0.4, 0.5) is 10.1 Å². The average molecular weight is 217 g/mol. The summed E-state index contributed by atoms with van der Waals surface area (Å²) in [5.74, 6) is -0.622. The fourth-order valence-electron chi connectivity index (χ4n) is 0.989. The summed E-state index contributed by atoms with van der Waals surface area (Å²) in [7, 11) is -3.41. The fraction of sp³-hybridized carbons (Fsp3) is 0.333. The molecule has 0 amide bonds. The number of para-hydroxylation sites is 1. The van der Waals surface area contributed by atoms with Crippen molar-refractivity contribution in [1.29, 1.82) is 0 Å². The van der Waals surface area contributed by atoms with E-state index in [9.17, 15) is 12.8 Å². The van der Waals surface area contributed by atoms with E-state index in [1.807, 2.05) is 0 Å². The van der Waals surface area contributed by atoms with Crippen LogP contribution in [0.3, 0.4) is 0 Å². The Balaban J connectivity index is 3.09. The maximum absolute atomic E-state index is 13.2. The van der Waals surface area contributed by atoms with Gasteiger partial charge in [0, 0.05) is 0 Å². The normalized spacial score (nSPS) is 11.4. The lowest BCUT2D eigenvalue weighted by atomic mass is 10.2. The third-order valence-corrected chi connectivity index (χ3v) is 3.13. The molecule has 1 N–H and O–H groups in total. The summed E-state index contributed by atoms with van der Waals surface area (Å²) in [6, 6.07) is 4.41. The van der Waals surface area contributed by atoms with E-state index in [0.29, 0.717) is 5.56 Å². The lowest BCUT2D eigenvalue weighted by Gasteiger charge is -2.09. The van der Waals surface area contributed by atoms with Gasteiger partial charge in [0.15, 0.2) is 0 Å². The van der Waals surface area contributed by atoms with Gasteiger partial charge in [0.2, 0.25) is 10.0 Å². The van der Waals surface area contributed by atoms with Crippen molar-refractivity contribution in [2.45, 2.75) is 13.8 Å². The molecule has 1 aromatic rings. The van der Waals surface area contributed by atoms with Gasteiger partial charge in [-0.15, -0.1) is 0 Å². The predicted octanol–water partition coefficient (Wildman–Crippen LogP) is 1.90. The van der Waals surface area contributed by atoms with Gasteiger partial charge in [-0.3, -0.25) is 4.72 Å². The highest BCUT2D eigenvalue weighted by Crippen LogP contribution is 2.19. The number of hydrogen-bond donors (Lipinski definition) is 1. The molecule has 0 saturated carbocycles. The van der Waals surface area contributed by atoms with Crippen LogP contribution in [-0.2, 0) is 10.0 Å². The van der Waals surface area contributed by atoms with Gasteiger partial charge in [0.1, 0.15) is 5.82 Å². The first-order valence-electron chi connectivity index (χ1n) is 4.22. The van der Waals surface area contributed by atoms with Crippen LogP contribution in [0.25, 0.3) is 0 Å². The van der Waals surface area contributed by atoms with Crippen LogP contribution >= 0.6 is 0 Å². The molecule has 78 valence electrons. The highest BCUT2D eigenvalue weighted by Gasteiger charge is 2.12. The molecule has 0 radical (unpaired) electrons. The summed E-state index contributed by atoms with van der Waals surface area (Å²) in [5, 5.41) is 0. The zero-order valence-corrected chi connectivity index (χ0v) is 8.86. The number of halogens is 1. The van der Waals surface area contributed by atoms with E-state index in [-0.39, 0.29) is 11.4 Å². The molecule has 0 aliphatic rings. The number of sulfonamides is 1. The Morgan fingerprint density at radius 1 is 1.43 bits per heavy atom. The summed E-state index contributed by atoms with van der Waals surface area (Å²) >= 11 is 0. The molecular weight excluding hydrogens is 205 g/mol. The molecule has 0 aliphatic carbocycles. The minimum atomic E-state index is -3.41. The SMILES string of the molecule is CCS(=O)(=O)Nc1c(C)cccc1F. The quantitative estimate of drug-likeness (QED) is 0.840. The molecule has 0 aromatic heterocycles. The predicted molar refractivity (Wildman–Crippen MR) is 54.2 cm³/mol. The average Bonchev–Trinajstić information content (AvgIpc) is 2.12. The Bertz CT molecular complexity index is 408. The second kappa shape index (κ2) is 3.96. The van der Waals surface area contributed by atoms with Crippen LogP contribution in [-0.4, -0.2) is 14.2 Å². The third-order valence-electron chi connectivity index (χ3n) is 1.86. The van der Waals surface area contributed by atoms with Crippen LogP contribution in [0, 0.1) is 12.7 Å². The van der Waals surface area contributed by atoms with Gasteiger partial charge in [-0.25, -0.2) is 12.8 Å². The van der Waals surface area contributed by atoms with E-state index in [2.05, 4.69) is 4.72 Å². The summed E-state index contributed by atoms with van der Waals surface area (Å²) in [4.78, 5) is 0. The molecule has 0 fully saturated rings. The van der Waals surface area contributed by atoms with Gasteiger partial charge in [0.25, 0.3) is 0 Å². The van der Waals surface area contributed by atoms with Gasteiger partial charge in [-0.2, -0.15) is 0 Å². The largest absolute Gasteiger partial charge is 0.280 e. The van der Waals surface area contributed by atoms with Gasteiger partial charge >= 0.3 is 0 Å². The van der Waals surface area contributed by atoms with Crippen LogP contribution in [0.2, 0.25) is 0 Å². The Kier molecular flexibility index (Phi) is 3.10. The van der Waals surface area contributed by atoms with Gasteiger partial charge in [0.05, 0.1) is 11.4 Å². The summed E-state index contributed by atoms with van der Waals surface area (Å²) in [6.07, 6.45) is 0. The molecule has 1 aromatic carbocycles. The van der Waals surface area contributed by atoms with E-state index in [1.54, 1.807) is 13.0 Å². The third kappa shape index (κ3) is 2.45. The highest BCUT2D eigenvalue weighted by molar-refractivity contribution is 7.92. The Morgan fingerprint density at radius 2 is 2.07 bits per heavy atom. The number of anilines is 1. The van der Waals surface area contributed by atoms with Crippen molar-refractivity contribution in [3.05, 3.63) is 29.6 Å². The topological polar surface area (TPSA) is 46.2 Å². The molecule has 0 aliphatic heterocycles.